The average Bonchev–Trinajstić information content (AvgIpc) is 2.84. The number of phenols is 1. The van der Waals surface area contributed by atoms with E-state index in [1.165, 1.54) is 6.07 Å². The van der Waals surface area contributed by atoms with Gasteiger partial charge in [-0.1, -0.05) is 32.3 Å². The fourth-order valence-corrected chi connectivity index (χ4v) is 5.54. The number of hydrogen-bond donors (Lipinski definition) is 1. The van der Waals surface area contributed by atoms with Gasteiger partial charge in [0.25, 0.3) is 5.76 Å². The molecule has 6 nitrogen and oxygen atoms in total. The lowest BCUT2D eigenvalue weighted by molar-refractivity contribution is -0.154. The van der Waals surface area contributed by atoms with Gasteiger partial charge in [0.05, 0.1) is 23.2 Å². The van der Waals surface area contributed by atoms with Crippen molar-refractivity contribution in [3.8, 4) is 17.2 Å². The van der Waals surface area contributed by atoms with E-state index >= 15 is 0 Å². The van der Waals surface area contributed by atoms with Gasteiger partial charge in [-0.05, 0) is 75.4 Å². The Kier molecular flexibility index (Phi) is 9.15. The normalized spacial score (nSPS) is 18.4. The standard InChI is InChI=1S/C31H38F3NO5/c1-6-7-8-9-10-22-14-24-27(37)29(39-23-12-18(2)11-19(3)13-23)30(31(32,33)34)40-28(24)25(26(22)36)17-35-15-20(4)38-21(5)16-35/h11-14,20-21,36H,6-10,15-17H2,1-5H3/t20-,21-/m1/s1. The SMILES string of the molecule is CCCCCCc1cc2c(=O)c(Oc3cc(C)cc(C)c3)c(C(F)(F)F)oc2c(CN2C[C@@H](C)O[C@H](C)C2)c1O. The van der Waals surface area contributed by atoms with Crippen LogP contribution in [0.5, 0.6) is 17.2 Å². The number of nitrogens with zero attached hydrogens (tertiary/aromatic N) is 1. The van der Waals surface area contributed by atoms with E-state index in [1.54, 1.807) is 26.0 Å². The van der Waals surface area contributed by atoms with Gasteiger partial charge in [-0.15, -0.1) is 0 Å². The molecule has 218 valence electrons. The van der Waals surface area contributed by atoms with Crippen LogP contribution in [0, 0.1) is 13.8 Å². The van der Waals surface area contributed by atoms with Gasteiger partial charge in [-0.25, -0.2) is 0 Å². The molecule has 0 spiro atoms. The van der Waals surface area contributed by atoms with Crippen molar-refractivity contribution in [2.75, 3.05) is 13.1 Å². The molecule has 2 aromatic carbocycles. The number of aromatic hydroxyl groups is 1. The molecule has 0 aliphatic carbocycles. The Morgan fingerprint density at radius 2 is 1.68 bits per heavy atom. The molecule has 1 aliphatic heterocycles. The summed E-state index contributed by atoms with van der Waals surface area (Å²) in [5.74, 6) is -2.45. The zero-order valence-corrected chi connectivity index (χ0v) is 23.8. The molecule has 3 aromatic rings. The first-order chi connectivity index (χ1) is 18.9. The molecule has 9 heteroatoms. The van der Waals surface area contributed by atoms with E-state index in [0.717, 1.165) is 36.8 Å². The van der Waals surface area contributed by atoms with Crippen molar-refractivity contribution in [3.63, 3.8) is 0 Å². The van der Waals surface area contributed by atoms with Crippen molar-refractivity contribution in [2.45, 2.75) is 91.7 Å². The highest BCUT2D eigenvalue weighted by atomic mass is 19.4. The number of phenolic OH excluding ortho intramolecular Hbond substituents is 1. The Morgan fingerprint density at radius 3 is 2.27 bits per heavy atom. The smallest absolute Gasteiger partial charge is 0.453 e. The number of alkyl halides is 3. The average molecular weight is 562 g/mol. The van der Waals surface area contributed by atoms with Crippen LogP contribution in [-0.2, 0) is 23.9 Å². The van der Waals surface area contributed by atoms with Crippen molar-refractivity contribution in [1.29, 1.82) is 0 Å². The third kappa shape index (κ3) is 6.81. The number of aryl methyl sites for hydroxylation is 3. The lowest BCUT2D eigenvalue weighted by Gasteiger charge is -2.35. The number of morpholine rings is 1. The van der Waals surface area contributed by atoms with Crippen LogP contribution < -0.4 is 10.2 Å². The van der Waals surface area contributed by atoms with Gasteiger partial charge in [-0.3, -0.25) is 9.69 Å². The molecule has 0 radical (unpaired) electrons. The van der Waals surface area contributed by atoms with Crippen LogP contribution in [0.15, 0.2) is 33.5 Å². The second-order valence-corrected chi connectivity index (χ2v) is 11.0. The second kappa shape index (κ2) is 12.2. The maximum atomic E-state index is 14.3. The lowest BCUT2D eigenvalue weighted by atomic mass is 9.98. The molecule has 0 bridgehead atoms. The van der Waals surface area contributed by atoms with E-state index in [2.05, 4.69) is 6.92 Å². The number of hydrogen-bond acceptors (Lipinski definition) is 6. The van der Waals surface area contributed by atoms with Crippen LogP contribution >= 0.6 is 0 Å². The first kappa shape index (κ1) is 29.9. The summed E-state index contributed by atoms with van der Waals surface area (Å²) in [4.78, 5) is 15.8. The summed E-state index contributed by atoms with van der Waals surface area (Å²) in [6.07, 6.45) is -0.940. The van der Waals surface area contributed by atoms with Crippen LogP contribution in [0.3, 0.4) is 0 Å². The van der Waals surface area contributed by atoms with E-state index < -0.39 is 23.1 Å². The number of benzene rings is 2. The minimum atomic E-state index is -5.00. The summed E-state index contributed by atoms with van der Waals surface area (Å²) >= 11 is 0. The molecular formula is C31H38F3NO5. The number of ether oxygens (including phenoxy) is 2. The summed E-state index contributed by atoms with van der Waals surface area (Å²) in [6, 6.07) is 6.45. The van der Waals surface area contributed by atoms with Gasteiger partial charge < -0.3 is 19.0 Å². The second-order valence-electron chi connectivity index (χ2n) is 11.0. The molecule has 2 heterocycles. The highest BCUT2D eigenvalue weighted by Crippen LogP contribution is 2.41. The summed E-state index contributed by atoms with van der Waals surface area (Å²) in [5, 5.41) is 11.3. The number of unbranched alkanes of at least 4 members (excludes halogenated alkanes) is 3. The molecule has 1 aliphatic rings. The third-order valence-electron chi connectivity index (χ3n) is 7.14. The summed E-state index contributed by atoms with van der Waals surface area (Å²) in [6.45, 7) is 10.7. The van der Waals surface area contributed by atoms with Crippen LogP contribution in [0.2, 0.25) is 0 Å². The zero-order valence-electron chi connectivity index (χ0n) is 23.8. The van der Waals surface area contributed by atoms with Crippen LogP contribution in [0.25, 0.3) is 11.0 Å². The fourth-order valence-electron chi connectivity index (χ4n) is 5.54. The summed E-state index contributed by atoms with van der Waals surface area (Å²) in [5.41, 5.74) is 1.05. The molecule has 1 aromatic heterocycles. The maximum absolute atomic E-state index is 14.3. The van der Waals surface area contributed by atoms with Gasteiger partial charge in [0.1, 0.15) is 17.1 Å². The minimum Gasteiger partial charge on any atom is -0.507 e. The van der Waals surface area contributed by atoms with Crippen molar-refractivity contribution in [3.05, 3.63) is 62.5 Å². The van der Waals surface area contributed by atoms with E-state index in [9.17, 15) is 23.1 Å². The topological polar surface area (TPSA) is 72.1 Å². The highest BCUT2D eigenvalue weighted by molar-refractivity contribution is 5.85. The summed E-state index contributed by atoms with van der Waals surface area (Å²) in [7, 11) is 0. The van der Waals surface area contributed by atoms with Crippen LogP contribution in [-0.4, -0.2) is 35.3 Å². The molecular weight excluding hydrogens is 523 g/mol. The molecule has 0 amide bonds. The Labute approximate surface area is 232 Å². The fraction of sp³-hybridized carbons (Fsp3) is 0.516. The largest absolute Gasteiger partial charge is 0.507 e. The molecule has 4 rings (SSSR count). The first-order valence-corrected chi connectivity index (χ1v) is 13.9. The van der Waals surface area contributed by atoms with Crippen molar-refractivity contribution < 1.29 is 32.2 Å². The van der Waals surface area contributed by atoms with E-state index in [-0.39, 0.29) is 46.8 Å². The first-order valence-electron chi connectivity index (χ1n) is 13.9. The number of halogens is 3. The number of fused-ring (bicyclic) bond motifs is 1. The Morgan fingerprint density at radius 1 is 1.02 bits per heavy atom. The molecule has 0 unspecified atom stereocenters. The van der Waals surface area contributed by atoms with Crippen molar-refractivity contribution >= 4 is 11.0 Å². The highest BCUT2D eigenvalue weighted by Gasteiger charge is 2.41. The Bertz CT molecular complexity index is 1380. The minimum absolute atomic E-state index is 0.0416. The van der Waals surface area contributed by atoms with E-state index in [1.807, 2.05) is 24.8 Å². The molecule has 1 N–H and O–H groups in total. The molecule has 1 fully saturated rings. The summed E-state index contributed by atoms with van der Waals surface area (Å²) < 4.78 is 59.9. The van der Waals surface area contributed by atoms with Crippen molar-refractivity contribution in [2.24, 2.45) is 0 Å². The van der Waals surface area contributed by atoms with Gasteiger partial charge in [0.2, 0.25) is 11.2 Å². The lowest BCUT2D eigenvalue weighted by Crippen LogP contribution is -2.44. The zero-order chi connectivity index (χ0) is 29.2. The molecule has 0 saturated carbocycles. The predicted molar refractivity (Wildman–Crippen MR) is 148 cm³/mol. The number of rotatable bonds is 9. The Balaban J connectivity index is 1.90. The van der Waals surface area contributed by atoms with Gasteiger partial charge in [0, 0.05) is 19.6 Å². The third-order valence-corrected chi connectivity index (χ3v) is 7.14. The van der Waals surface area contributed by atoms with E-state index in [4.69, 9.17) is 13.9 Å². The van der Waals surface area contributed by atoms with Crippen molar-refractivity contribution in [1.82, 2.24) is 4.90 Å². The molecule has 1 saturated heterocycles. The monoisotopic (exact) mass is 561 g/mol. The molecule has 2 atom stereocenters. The van der Waals surface area contributed by atoms with Gasteiger partial charge in [0.15, 0.2) is 0 Å². The molecule has 40 heavy (non-hydrogen) atoms. The van der Waals surface area contributed by atoms with Crippen LogP contribution in [0.4, 0.5) is 13.2 Å². The van der Waals surface area contributed by atoms with E-state index in [0.29, 0.717) is 25.1 Å². The Hall–Kier alpha value is -3.04. The van der Waals surface area contributed by atoms with Gasteiger partial charge in [-0.2, -0.15) is 13.2 Å². The quantitative estimate of drug-likeness (QED) is 0.271. The maximum Gasteiger partial charge on any atom is 0.453 e. The van der Waals surface area contributed by atoms with Crippen LogP contribution in [0.1, 0.15) is 74.5 Å². The van der Waals surface area contributed by atoms with Gasteiger partial charge >= 0.3 is 6.18 Å². The predicted octanol–water partition coefficient (Wildman–Crippen LogP) is 7.66.